The van der Waals surface area contributed by atoms with E-state index in [1.165, 1.54) is 7.11 Å². The molecule has 0 saturated carbocycles. The van der Waals surface area contributed by atoms with Crippen molar-refractivity contribution >= 4 is 35.9 Å². The zero-order valence-electron chi connectivity index (χ0n) is 12.5. The number of methoxy groups -OCH3 is 2. The maximum absolute atomic E-state index is 11.3. The van der Waals surface area contributed by atoms with Gasteiger partial charge in [0.25, 0.3) is 0 Å². The monoisotopic (exact) mass is 407 g/mol. The molecule has 0 amide bonds. The smallest absolute Gasteiger partial charge is 0.337 e. The molecule has 0 saturated heterocycles. The van der Waals surface area contributed by atoms with Gasteiger partial charge in [-0.3, -0.25) is 4.99 Å². The molecule has 0 unspecified atom stereocenters. The van der Waals surface area contributed by atoms with Crippen LogP contribution in [0.2, 0.25) is 0 Å². The Bertz CT molecular complexity index is 449. The van der Waals surface area contributed by atoms with Crippen LogP contribution in [0.15, 0.2) is 29.3 Å². The standard InChI is InChI=1S/C14H21N3O3.HI/c1-15-14(16-8-9-19-2)17-10-11-4-6-12(7-5-11)13(18)20-3;/h4-7H,8-10H2,1-3H3,(H2,15,16,17);1H. The van der Waals surface area contributed by atoms with Crippen molar-refractivity contribution in [3.8, 4) is 0 Å². The molecule has 1 aromatic carbocycles. The van der Waals surface area contributed by atoms with Gasteiger partial charge in [-0.25, -0.2) is 4.79 Å². The Kier molecular flexibility index (Phi) is 10.6. The molecule has 0 aliphatic heterocycles. The highest BCUT2D eigenvalue weighted by molar-refractivity contribution is 14.0. The third kappa shape index (κ3) is 7.28. The summed E-state index contributed by atoms with van der Waals surface area (Å²) in [6, 6.07) is 7.23. The van der Waals surface area contributed by atoms with Gasteiger partial charge in [0.2, 0.25) is 0 Å². The number of nitrogens with one attached hydrogen (secondary N) is 2. The van der Waals surface area contributed by atoms with Crippen LogP contribution in [0.25, 0.3) is 0 Å². The van der Waals surface area contributed by atoms with Crippen molar-refractivity contribution in [2.24, 2.45) is 4.99 Å². The summed E-state index contributed by atoms with van der Waals surface area (Å²) in [6.07, 6.45) is 0. The van der Waals surface area contributed by atoms with Gasteiger partial charge in [-0.1, -0.05) is 12.1 Å². The first-order valence-electron chi connectivity index (χ1n) is 6.32. The Hall–Kier alpha value is -1.35. The van der Waals surface area contributed by atoms with Crippen molar-refractivity contribution < 1.29 is 14.3 Å². The minimum absolute atomic E-state index is 0. The lowest BCUT2D eigenvalue weighted by molar-refractivity contribution is 0.0600. The normalized spacial score (nSPS) is 10.5. The van der Waals surface area contributed by atoms with Crippen molar-refractivity contribution in [2.45, 2.75) is 6.54 Å². The lowest BCUT2D eigenvalue weighted by atomic mass is 10.1. The molecule has 2 N–H and O–H groups in total. The summed E-state index contributed by atoms with van der Waals surface area (Å²) in [5.74, 6) is 0.376. The van der Waals surface area contributed by atoms with Gasteiger partial charge in [0.15, 0.2) is 5.96 Å². The van der Waals surface area contributed by atoms with Crippen LogP contribution in [-0.2, 0) is 16.0 Å². The molecule has 0 aliphatic carbocycles. The first-order valence-corrected chi connectivity index (χ1v) is 6.32. The summed E-state index contributed by atoms with van der Waals surface area (Å²) >= 11 is 0. The number of hydrogen-bond acceptors (Lipinski definition) is 4. The average Bonchev–Trinajstić information content (AvgIpc) is 2.50. The van der Waals surface area contributed by atoms with E-state index in [-0.39, 0.29) is 29.9 Å². The Morgan fingerprint density at radius 1 is 1.19 bits per heavy atom. The molecular weight excluding hydrogens is 385 g/mol. The molecule has 0 atom stereocenters. The number of nitrogens with zero attached hydrogens (tertiary/aromatic N) is 1. The zero-order valence-corrected chi connectivity index (χ0v) is 14.8. The van der Waals surface area contributed by atoms with Gasteiger partial charge < -0.3 is 20.1 Å². The van der Waals surface area contributed by atoms with Gasteiger partial charge in [-0.2, -0.15) is 0 Å². The van der Waals surface area contributed by atoms with Crippen LogP contribution in [0, 0.1) is 0 Å². The summed E-state index contributed by atoms with van der Waals surface area (Å²) in [5.41, 5.74) is 1.59. The summed E-state index contributed by atoms with van der Waals surface area (Å²) in [4.78, 5) is 15.4. The number of carbonyl (C=O) groups is 1. The lowest BCUT2D eigenvalue weighted by Gasteiger charge is -2.11. The third-order valence-corrected chi connectivity index (χ3v) is 2.66. The van der Waals surface area contributed by atoms with Crippen molar-refractivity contribution in [3.05, 3.63) is 35.4 Å². The van der Waals surface area contributed by atoms with Crippen LogP contribution < -0.4 is 10.6 Å². The number of guanidine groups is 1. The fraction of sp³-hybridized carbons (Fsp3) is 0.429. The van der Waals surface area contributed by atoms with E-state index >= 15 is 0 Å². The second-order valence-electron chi connectivity index (χ2n) is 4.03. The number of carbonyl (C=O) groups excluding carboxylic acids is 1. The molecule has 0 aliphatic rings. The Balaban J connectivity index is 0.00000400. The molecule has 0 aromatic heterocycles. The van der Waals surface area contributed by atoms with Gasteiger partial charge in [0.1, 0.15) is 0 Å². The van der Waals surface area contributed by atoms with Crippen molar-refractivity contribution in [3.63, 3.8) is 0 Å². The van der Waals surface area contributed by atoms with Crippen molar-refractivity contribution in [1.29, 1.82) is 0 Å². The molecule has 6 nitrogen and oxygen atoms in total. The number of aliphatic imine (C=N–C) groups is 1. The molecule has 0 radical (unpaired) electrons. The third-order valence-electron chi connectivity index (χ3n) is 2.66. The predicted molar refractivity (Wildman–Crippen MR) is 93.3 cm³/mol. The van der Waals surface area contributed by atoms with E-state index in [1.54, 1.807) is 26.3 Å². The van der Waals surface area contributed by atoms with Crippen LogP contribution in [0.1, 0.15) is 15.9 Å². The van der Waals surface area contributed by atoms with E-state index in [9.17, 15) is 4.79 Å². The Morgan fingerprint density at radius 3 is 2.38 bits per heavy atom. The first kappa shape index (κ1) is 19.7. The molecule has 0 heterocycles. The SMILES string of the molecule is CN=C(NCCOC)NCc1ccc(C(=O)OC)cc1.I. The lowest BCUT2D eigenvalue weighted by Crippen LogP contribution is -2.38. The van der Waals surface area contributed by atoms with Crippen molar-refractivity contribution in [1.82, 2.24) is 10.6 Å². The van der Waals surface area contributed by atoms with Gasteiger partial charge in [0, 0.05) is 27.2 Å². The second kappa shape index (κ2) is 11.3. The average molecular weight is 407 g/mol. The van der Waals surface area contributed by atoms with E-state index in [0.29, 0.717) is 31.2 Å². The summed E-state index contributed by atoms with van der Waals surface area (Å²) in [6.45, 7) is 1.93. The number of ether oxygens (including phenoxy) is 2. The number of rotatable bonds is 6. The largest absolute Gasteiger partial charge is 0.465 e. The van der Waals surface area contributed by atoms with E-state index < -0.39 is 0 Å². The molecule has 0 fully saturated rings. The summed E-state index contributed by atoms with van der Waals surface area (Å²) in [5, 5.41) is 6.29. The molecule has 118 valence electrons. The minimum Gasteiger partial charge on any atom is -0.465 e. The number of benzene rings is 1. The van der Waals surface area contributed by atoms with Crippen LogP contribution in [0.5, 0.6) is 0 Å². The number of hydrogen-bond donors (Lipinski definition) is 2. The molecule has 1 aromatic rings. The maximum atomic E-state index is 11.3. The molecule has 0 spiro atoms. The topological polar surface area (TPSA) is 72.0 Å². The molecular formula is C14H22IN3O3. The van der Waals surface area contributed by atoms with E-state index in [4.69, 9.17) is 4.74 Å². The van der Waals surface area contributed by atoms with Gasteiger partial charge in [-0.05, 0) is 17.7 Å². The van der Waals surface area contributed by atoms with Crippen molar-refractivity contribution in [2.75, 3.05) is 34.4 Å². The van der Waals surface area contributed by atoms with Crippen LogP contribution >= 0.6 is 24.0 Å². The van der Waals surface area contributed by atoms with E-state index in [0.717, 1.165) is 5.56 Å². The molecule has 7 heteroatoms. The first-order chi connectivity index (χ1) is 9.71. The van der Waals surface area contributed by atoms with E-state index in [2.05, 4.69) is 20.4 Å². The Morgan fingerprint density at radius 2 is 1.86 bits per heavy atom. The Labute approximate surface area is 142 Å². The molecule has 21 heavy (non-hydrogen) atoms. The van der Waals surface area contributed by atoms with Gasteiger partial charge in [-0.15, -0.1) is 24.0 Å². The van der Waals surface area contributed by atoms with Crippen LogP contribution in [0.3, 0.4) is 0 Å². The second-order valence-corrected chi connectivity index (χ2v) is 4.03. The van der Waals surface area contributed by atoms with E-state index in [1.807, 2.05) is 12.1 Å². The van der Waals surface area contributed by atoms with Gasteiger partial charge in [0.05, 0.1) is 19.3 Å². The fourth-order valence-corrected chi connectivity index (χ4v) is 1.55. The zero-order chi connectivity index (χ0) is 14.8. The van der Waals surface area contributed by atoms with Crippen LogP contribution in [0.4, 0.5) is 0 Å². The fourth-order valence-electron chi connectivity index (χ4n) is 1.55. The number of halogens is 1. The summed E-state index contributed by atoms with van der Waals surface area (Å²) < 4.78 is 9.61. The highest BCUT2D eigenvalue weighted by Gasteiger charge is 2.04. The highest BCUT2D eigenvalue weighted by Crippen LogP contribution is 2.05. The molecule has 1 rings (SSSR count). The summed E-state index contributed by atoms with van der Waals surface area (Å²) in [7, 11) is 4.73. The minimum atomic E-state index is -0.332. The predicted octanol–water partition coefficient (Wildman–Crippen LogP) is 1.40. The molecule has 0 bridgehead atoms. The highest BCUT2D eigenvalue weighted by atomic mass is 127. The van der Waals surface area contributed by atoms with Gasteiger partial charge >= 0.3 is 5.97 Å². The maximum Gasteiger partial charge on any atom is 0.337 e. The van der Waals surface area contributed by atoms with Crippen LogP contribution in [-0.4, -0.2) is 46.3 Å². The quantitative estimate of drug-likeness (QED) is 0.245. The number of esters is 1.